The van der Waals surface area contributed by atoms with Crippen LogP contribution in [0.1, 0.15) is 24.6 Å². The fourth-order valence-electron chi connectivity index (χ4n) is 3.15. The number of rotatable bonds is 6. The number of nitrogens with zero attached hydrogens (tertiary/aromatic N) is 3. The quantitative estimate of drug-likeness (QED) is 0.275. The highest BCUT2D eigenvalue weighted by Gasteiger charge is 2.24. The molecule has 1 unspecified atom stereocenters. The zero-order chi connectivity index (χ0) is 18.2. The number of hydrogen-bond acceptors (Lipinski definition) is 3. The zero-order valence-electron chi connectivity index (χ0n) is 16.1. The highest BCUT2D eigenvalue weighted by molar-refractivity contribution is 14.0. The minimum atomic E-state index is 0. The molecular formula is C21H29IN4S. The minimum absolute atomic E-state index is 0. The third-order valence-corrected chi connectivity index (χ3v) is 5.89. The van der Waals surface area contributed by atoms with Crippen LogP contribution < -0.4 is 5.32 Å². The van der Waals surface area contributed by atoms with Crippen molar-refractivity contribution in [3.8, 4) is 0 Å². The van der Waals surface area contributed by atoms with Crippen LogP contribution in [0.3, 0.4) is 0 Å². The van der Waals surface area contributed by atoms with Crippen LogP contribution in [0.2, 0.25) is 0 Å². The van der Waals surface area contributed by atoms with Gasteiger partial charge in [0.25, 0.3) is 0 Å². The average Bonchev–Trinajstić information content (AvgIpc) is 3.14. The Morgan fingerprint density at radius 3 is 2.81 bits per heavy atom. The van der Waals surface area contributed by atoms with E-state index in [0.717, 1.165) is 31.3 Å². The molecule has 1 N–H and O–H groups in total. The first-order valence-electron chi connectivity index (χ1n) is 9.38. The zero-order valence-corrected chi connectivity index (χ0v) is 19.2. The summed E-state index contributed by atoms with van der Waals surface area (Å²) in [7, 11) is 0. The predicted octanol–water partition coefficient (Wildman–Crippen LogP) is 4.59. The van der Waals surface area contributed by atoms with Crippen molar-refractivity contribution in [2.24, 2.45) is 10.9 Å². The molecule has 1 aliphatic heterocycles. The van der Waals surface area contributed by atoms with Gasteiger partial charge in [0.05, 0.1) is 12.2 Å². The van der Waals surface area contributed by atoms with Gasteiger partial charge in [0.2, 0.25) is 0 Å². The molecule has 1 atom stereocenters. The first-order valence-corrected chi connectivity index (χ1v) is 10.4. The van der Waals surface area contributed by atoms with Crippen LogP contribution in [0.15, 0.2) is 58.5 Å². The van der Waals surface area contributed by atoms with E-state index < -0.39 is 0 Å². The standard InChI is InChI=1S/C21H28N4S.HI/c1-3-22-21(24-14-20-17(2)8-7-12-23-20)25-13-11-18(15-25)16-26-19-9-5-4-6-10-19;/h4-10,12,18H,3,11,13-16H2,1-2H3,(H,22,24);1H. The molecular weight excluding hydrogens is 467 g/mol. The van der Waals surface area contributed by atoms with Gasteiger partial charge in [-0.2, -0.15) is 0 Å². The van der Waals surface area contributed by atoms with E-state index >= 15 is 0 Å². The molecule has 1 aliphatic rings. The fourth-order valence-corrected chi connectivity index (χ4v) is 4.20. The van der Waals surface area contributed by atoms with E-state index in [1.54, 1.807) is 0 Å². The van der Waals surface area contributed by atoms with Crippen LogP contribution >= 0.6 is 35.7 Å². The maximum Gasteiger partial charge on any atom is 0.194 e. The number of aromatic nitrogens is 1. The summed E-state index contributed by atoms with van der Waals surface area (Å²) in [6.45, 7) is 7.90. The molecule has 0 spiro atoms. The molecule has 3 rings (SSSR count). The molecule has 0 aliphatic carbocycles. The van der Waals surface area contributed by atoms with Gasteiger partial charge in [0, 0.05) is 36.5 Å². The first-order chi connectivity index (χ1) is 12.8. The van der Waals surface area contributed by atoms with Crippen molar-refractivity contribution in [2.45, 2.75) is 31.7 Å². The molecule has 6 heteroatoms. The lowest BCUT2D eigenvalue weighted by atomic mass is 10.2. The molecule has 1 aromatic carbocycles. The summed E-state index contributed by atoms with van der Waals surface area (Å²) in [5, 5.41) is 3.45. The van der Waals surface area contributed by atoms with Crippen LogP contribution in [0.25, 0.3) is 0 Å². The lowest BCUT2D eigenvalue weighted by Gasteiger charge is -2.21. The average molecular weight is 496 g/mol. The van der Waals surface area contributed by atoms with E-state index in [1.165, 1.54) is 22.6 Å². The number of pyridine rings is 1. The molecule has 27 heavy (non-hydrogen) atoms. The maximum atomic E-state index is 4.84. The van der Waals surface area contributed by atoms with Gasteiger partial charge in [-0.25, -0.2) is 4.99 Å². The summed E-state index contributed by atoms with van der Waals surface area (Å²) in [6, 6.07) is 14.7. The summed E-state index contributed by atoms with van der Waals surface area (Å²) in [4.78, 5) is 13.1. The van der Waals surface area contributed by atoms with E-state index in [0.29, 0.717) is 12.5 Å². The summed E-state index contributed by atoms with van der Waals surface area (Å²) in [5.74, 6) is 2.89. The Bertz CT molecular complexity index is 723. The molecule has 1 fully saturated rings. The van der Waals surface area contributed by atoms with Gasteiger partial charge in [-0.3, -0.25) is 4.98 Å². The van der Waals surface area contributed by atoms with Crippen molar-refractivity contribution in [2.75, 3.05) is 25.4 Å². The van der Waals surface area contributed by atoms with Gasteiger partial charge in [-0.05, 0) is 49.9 Å². The summed E-state index contributed by atoms with van der Waals surface area (Å²) in [5.41, 5.74) is 2.25. The minimum Gasteiger partial charge on any atom is -0.357 e. The van der Waals surface area contributed by atoms with Gasteiger partial charge in [0.15, 0.2) is 5.96 Å². The Hall–Kier alpha value is -1.28. The Morgan fingerprint density at radius 1 is 1.26 bits per heavy atom. The second-order valence-electron chi connectivity index (χ2n) is 6.66. The number of aryl methyl sites for hydroxylation is 1. The maximum absolute atomic E-state index is 4.84. The van der Waals surface area contributed by atoms with E-state index in [4.69, 9.17) is 4.99 Å². The van der Waals surface area contributed by atoms with Crippen LogP contribution in [0.5, 0.6) is 0 Å². The Balaban J connectivity index is 0.00000261. The number of hydrogen-bond donors (Lipinski definition) is 1. The molecule has 0 amide bonds. The van der Waals surface area contributed by atoms with Gasteiger partial charge < -0.3 is 10.2 Å². The van der Waals surface area contributed by atoms with E-state index in [9.17, 15) is 0 Å². The number of likely N-dealkylation sites (tertiary alicyclic amines) is 1. The molecule has 2 aromatic rings. The number of thioether (sulfide) groups is 1. The van der Waals surface area contributed by atoms with Gasteiger partial charge >= 0.3 is 0 Å². The van der Waals surface area contributed by atoms with Gasteiger partial charge in [0.1, 0.15) is 0 Å². The fraction of sp³-hybridized carbons (Fsp3) is 0.429. The summed E-state index contributed by atoms with van der Waals surface area (Å²) in [6.07, 6.45) is 3.07. The smallest absolute Gasteiger partial charge is 0.194 e. The van der Waals surface area contributed by atoms with Crippen molar-refractivity contribution >= 4 is 41.7 Å². The molecule has 0 bridgehead atoms. The molecule has 0 radical (unpaired) electrons. The Morgan fingerprint density at radius 2 is 2.07 bits per heavy atom. The predicted molar refractivity (Wildman–Crippen MR) is 126 cm³/mol. The highest BCUT2D eigenvalue weighted by Crippen LogP contribution is 2.26. The van der Waals surface area contributed by atoms with Gasteiger partial charge in [-0.1, -0.05) is 24.3 Å². The van der Waals surface area contributed by atoms with Crippen LogP contribution in [0.4, 0.5) is 0 Å². The monoisotopic (exact) mass is 496 g/mol. The Kier molecular flexibility index (Phi) is 9.41. The van der Waals surface area contributed by atoms with Crippen LogP contribution in [-0.2, 0) is 6.54 Å². The molecule has 4 nitrogen and oxygen atoms in total. The van der Waals surface area contributed by atoms with Crippen molar-refractivity contribution in [1.29, 1.82) is 0 Å². The number of guanidine groups is 1. The lowest BCUT2D eigenvalue weighted by molar-refractivity contribution is 0.474. The second-order valence-corrected chi connectivity index (χ2v) is 7.76. The largest absolute Gasteiger partial charge is 0.357 e. The molecule has 1 saturated heterocycles. The summed E-state index contributed by atoms with van der Waals surface area (Å²) >= 11 is 1.96. The third kappa shape index (κ3) is 6.68. The van der Waals surface area contributed by atoms with E-state index in [2.05, 4.69) is 65.4 Å². The van der Waals surface area contributed by atoms with Crippen molar-refractivity contribution < 1.29 is 0 Å². The van der Waals surface area contributed by atoms with Crippen molar-refractivity contribution in [3.05, 3.63) is 59.9 Å². The highest BCUT2D eigenvalue weighted by atomic mass is 127. The molecule has 2 heterocycles. The van der Waals surface area contributed by atoms with Crippen LogP contribution in [0, 0.1) is 12.8 Å². The lowest BCUT2D eigenvalue weighted by Crippen LogP contribution is -2.40. The summed E-state index contributed by atoms with van der Waals surface area (Å²) < 4.78 is 0. The SMILES string of the molecule is CCNC(=NCc1ncccc1C)N1CCC(CSc2ccccc2)C1.I. The second kappa shape index (κ2) is 11.5. The van der Waals surface area contributed by atoms with Crippen LogP contribution in [-0.4, -0.2) is 41.2 Å². The van der Waals surface area contributed by atoms with E-state index in [-0.39, 0.29) is 24.0 Å². The first kappa shape index (κ1) is 22.0. The molecule has 0 saturated carbocycles. The molecule has 146 valence electrons. The van der Waals surface area contributed by atoms with E-state index in [1.807, 2.05) is 24.0 Å². The molecule has 1 aromatic heterocycles. The number of halogens is 1. The number of nitrogens with one attached hydrogen (secondary N) is 1. The number of benzene rings is 1. The van der Waals surface area contributed by atoms with Gasteiger partial charge in [-0.15, -0.1) is 35.7 Å². The van der Waals surface area contributed by atoms with Crippen molar-refractivity contribution in [1.82, 2.24) is 15.2 Å². The normalized spacial score (nSPS) is 16.9. The number of aliphatic imine (C=N–C) groups is 1. The third-order valence-electron chi connectivity index (χ3n) is 4.65. The topological polar surface area (TPSA) is 40.5 Å². The van der Waals surface area contributed by atoms with Crippen molar-refractivity contribution in [3.63, 3.8) is 0 Å². The Labute approximate surface area is 184 Å².